The molecule has 0 aliphatic carbocycles. The third-order valence-corrected chi connectivity index (χ3v) is 5.12. The molecule has 0 saturated carbocycles. The minimum Gasteiger partial charge on any atom is -0.436 e. The maximum Gasteiger partial charge on any atom is 0.416 e. The van der Waals surface area contributed by atoms with Gasteiger partial charge in [0.05, 0.1) is 23.2 Å². The van der Waals surface area contributed by atoms with E-state index in [0.29, 0.717) is 11.4 Å². The van der Waals surface area contributed by atoms with Gasteiger partial charge in [-0.15, -0.1) is 0 Å². The SMILES string of the molecule is Cc1nn(C)c(Oc2cccnc2)c1NS(=O)(=O)Cc1cccc(C(F)(F)F)c1. The van der Waals surface area contributed by atoms with Crippen molar-refractivity contribution in [3.8, 4) is 11.6 Å². The zero-order valence-corrected chi connectivity index (χ0v) is 16.3. The molecule has 29 heavy (non-hydrogen) atoms. The Bertz CT molecular complexity index is 1110. The highest BCUT2D eigenvalue weighted by atomic mass is 32.2. The largest absolute Gasteiger partial charge is 0.436 e. The lowest BCUT2D eigenvalue weighted by Gasteiger charge is -2.12. The summed E-state index contributed by atoms with van der Waals surface area (Å²) in [6.07, 6.45) is -1.55. The molecule has 0 aliphatic heterocycles. The van der Waals surface area contributed by atoms with Crippen LogP contribution >= 0.6 is 0 Å². The molecule has 2 heterocycles. The highest BCUT2D eigenvalue weighted by Gasteiger charge is 2.31. The summed E-state index contributed by atoms with van der Waals surface area (Å²) in [7, 11) is -2.47. The first-order valence-corrected chi connectivity index (χ1v) is 9.98. The van der Waals surface area contributed by atoms with Gasteiger partial charge in [0.15, 0.2) is 0 Å². The summed E-state index contributed by atoms with van der Waals surface area (Å²) in [4.78, 5) is 3.92. The number of pyridine rings is 1. The Morgan fingerprint density at radius 2 is 1.97 bits per heavy atom. The van der Waals surface area contributed by atoms with Crippen LogP contribution < -0.4 is 9.46 Å². The van der Waals surface area contributed by atoms with Crippen LogP contribution in [0.25, 0.3) is 0 Å². The molecule has 0 fully saturated rings. The lowest BCUT2D eigenvalue weighted by molar-refractivity contribution is -0.137. The zero-order chi connectivity index (χ0) is 21.2. The number of benzene rings is 1. The first-order chi connectivity index (χ1) is 13.5. The Hall–Kier alpha value is -3.08. The van der Waals surface area contributed by atoms with Crippen LogP contribution in [0.2, 0.25) is 0 Å². The summed E-state index contributed by atoms with van der Waals surface area (Å²) in [6.45, 7) is 1.58. The van der Waals surface area contributed by atoms with Gasteiger partial charge >= 0.3 is 6.18 Å². The van der Waals surface area contributed by atoms with E-state index in [1.807, 2.05) is 0 Å². The van der Waals surface area contributed by atoms with Crippen LogP contribution in [-0.4, -0.2) is 23.2 Å². The van der Waals surface area contributed by atoms with Crippen molar-refractivity contribution in [3.05, 3.63) is 65.6 Å². The molecule has 0 aliphatic rings. The first kappa shape index (κ1) is 20.6. The standard InChI is InChI=1S/C18H17F3N4O3S/c1-12-16(17(25(2)23-12)28-15-7-4-8-22-10-15)24-29(26,27)11-13-5-3-6-14(9-13)18(19,20)21/h3-10,24H,11H2,1-2H3. The van der Waals surface area contributed by atoms with E-state index in [1.165, 1.54) is 23.0 Å². The number of hydrogen-bond acceptors (Lipinski definition) is 5. The van der Waals surface area contributed by atoms with Crippen LogP contribution in [0.4, 0.5) is 18.9 Å². The van der Waals surface area contributed by atoms with Crippen LogP contribution in [0.15, 0.2) is 48.8 Å². The fourth-order valence-corrected chi connectivity index (χ4v) is 3.88. The van der Waals surface area contributed by atoms with Gasteiger partial charge < -0.3 is 4.74 Å². The molecule has 154 valence electrons. The average Bonchev–Trinajstić information content (AvgIpc) is 2.88. The normalized spacial score (nSPS) is 12.0. The number of halogens is 3. The van der Waals surface area contributed by atoms with Gasteiger partial charge in [-0.2, -0.15) is 18.3 Å². The number of sulfonamides is 1. The summed E-state index contributed by atoms with van der Waals surface area (Å²) in [5.74, 6) is -0.144. The molecule has 1 N–H and O–H groups in total. The second kappa shape index (κ2) is 7.74. The van der Waals surface area contributed by atoms with Gasteiger partial charge in [-0.1, -0.05) is 18.2 Å². The Morgan fingerprint density at radius 1 is 1.21 bits per heavy atom. The fourth-order valence-electron chi connectivity index (χ4n) is 2.64. The summed E-state index contributed by atoms with van der Waals surface area (Å²) < 4.78 is 73.2. The molecule has 7 nitrogen and oxygen atoms in total. The number of nitrogens with one attached hydrogen (secondary N) is 1. The van der Waals surface area contributed by atoms with Crippen molar-refractivity contribution < 1.29 is 26.3 Å². The molecular formula is C18H17F3N4O3S. The molecule has 0 amide bonds. The molecular weight excluding hydrogens is 409 g/mol. The Balaban J connectivity index is 1.86. The number of alkyl halides is 3. The van der Waals surface area contributed by atoms with Crippen molar-refractivity contribution in [2.45, 2.75) is 18.9 Å². The van der Waals surface area contributed by atoms with E-state index < -0.39 is 27.5 Å². The quantitative estimate of drug-likeness (QED) is 0.647. The van der Waals surface area contributed by atoms with E-state index in [0.717, 1.165) is 12.1 Å². The van der Waals surface area contributed by atoms with Crippen molar-refractivity contribution in [1.29, 1.82) is 0 Å². The number of ether oxygens (including phenoxy) is 1. The molecule has 3 aromatic rings. The third-order valence-electron chi connectivity index (χ3n) is 3.89. The Kier molecular flexibility index (Phi) is 5.51. The minimum atomic E-state index is -4.56. The van der Waals surface area contributed by atoms with Crippen molar-refractivity contribution in [2.75, 3.05) is 4.72 Å². The van der Waals surface area contributed by atoms with Crippen LogP contribution in [-0.2, 0) is 29.0 Å². The maximum absolute atomic E-state index is 12.9. The van der Waals surface area contributed by atoms with Crippen LogP contribution in [0.3, 0.4) is 0 Å². The Morgan fingerprint density at radius 3 is 2.62 bits per heavy atom. The smallest absolute Gasteiger partial charge is 0.416 e. The maximum atomic E-state index is 12.9. The van der Waals surface area contributed by atoms with E-state index in [2.05, 4.69) is 14.8 Å². The van der Waals surface area contributed by atoms with Gasteiger partial charge in [-0.05, 0) is 30.7 Å². The molecule has 3 rings (SSSR count). The zero-order valence-electron chi connectivity index (χ0n) is 15.4. The van der Waals surface area contributed by atoms with Gasteiger partial charge in [-0.3, -0.25) is 9.71 Å². The van der Waals surface area contributed by atoms with E-state index in [4.69, 9.17) is 4.74 Å². The number of nitrogens with zero attached hydrogens (tertiary/aromatic N) is 3. The van der Waals surface area contributed by atoms with Gasteiger partial charge in [-0.25, -0.2) is 13.1 Å². The summed E-state index contributed by atoms with van der Waals surface area (Å²) in [5.41, 5.74) is -0.464. The molecule has 0 radical (unpaired) electrons. The van der Waals surface area contributed by atoms with Gasteiger partial charge in [0, 0.05) is 13.2 Å². The minimum absolute atomic E-state index is 0.00333. The van der Waals surface area contributed by atoms with E-state index in [1.54, 1.807) is 32.3 Å². The Labute approximate surface area is 165 Å². The van der Waals surface area contributed by atoms with Gasteiger partial charge in [0.1, 0.15) is 11.4 Å². The molecule has 1 aromatic carbocycles. The third kappa shape index (κ3) is 5.05. The highest BCUT2D eigenvalue weighted by molar-refractivity contribution is 7.91. The molecule has 0 spiro atoms. The first-order valence-electron chi connectivity index (χ1n) is 8.33. The molecule has 0 unspecified atom stereocenters. The lowest BCUT2D eigenvalue weighted by Crippen LogP contribution is -2.16. The second-order valence-corrected chi connectivity index (χ2v) is 7.96. The van der Waals surface area contributed by atoms with Gasteiger partial charge in [0.2, 0.25) is 15.9 Å². The predicted octanol–water partition coefficient (Wildman–Crippen LogP) is 3.88. The topological polar surface area (TPSA) is 86.1 Å². The molecule has 0 bridgehead atoms. The van der Waals surface area contributed by atoms with Gasteiger partial charge in [0.25, 0.3) is 0 Å². The number of hydrogen-bond donors (Lipinski definition) is 1. The molecule has 2 aromatic heterocycles. The molecule has 0 saturated heterocycles. The van der Waals surface area contributed by atoms with Crippen molar-refractivity contribution in [1.82, 2.24) is 14.8 Å². The number of rotatable bonds is 6. The fraction of sp³-hybridized carbons (Fsp3) is 0.222. The second-order valence-electron chi connectivity index (χ2n) is 6.24. The van der Waals surface area contributed by atoms with E-state index in [-0.39, 0.29) is 17.1 Å². The number of aryl methyl sites for hydroxylation is 2. The van der Waals surface area contributed by atoms with E-state index in [9.17, 15) is 21.6 Å². The number of anilines is 1. The highest BCUT2D eigenvalue weighted by Crippen LogP contribution is 2.33. The van der Waals surface area contributed by atoms with Crippen molar-refractivity contribution >= 4 is 15.7 Å². The van der Waals surface area contributed by atoms with Crippen LogP contribution in [0, 0.1) is 6.92 Å². The summed E-state index contributed by atoms with van der Waals surface area (Å²) >= 11 is 0. The van der Waals surface area contributed by atoms with Crippen LogP contribution in [0.5, 0.6) is 11.6 Å². The van der Waals surface area contributed by atoms with Crippen molar-refractivity contribution in [2.24, 2.45) is 7.05 Å². The van der Waals surface area contributed by atoms with Crippen LogP contribution in [0.1, 0.15) is 16.8 Å². The predicted molar refractivity (Wildman–Crippen MR) is 99.9 cm³/mol. The molecule has 11 heteroatoms. The monoisotopic (exact) mass is 426 g/mol. The van der Waals surface area contributed by atoms with E-state index >= 15 is 0 Å². The summed E-state index contributed by atoms with van der Waals surface area (Å²) in [6, 6.07) is 7.46. The number of aromatic nitrogens is 3. The lowest BCUT2D eigenvalue weighted by atomic mass is 10.1. The average molecular weight is 426 g/mol. The molecule has 0 atom stereocenters. The van der Waals surface area contributed by atoms with Crippen molar-refractivity contribution in [3.63, 3.8) is 0 Å². The summed E-state index contributed by atoms with van der Waals surface area (Å²) in [5, 5.41) is 4.14.